The molecule has 0 saturated carbocycles. The van der Waals surface area contributed by atoms with E-state index >= 15 is 0 Å². The Bertz CT molecular complexity index is 1830. The van der Waals surface area contributed by atoms with E-state index in [9.17, 15) is 14.4 Å². The highest BCUT2D eigenvalue weighted by molar-refractivity contribution is 6.10. The molecule has 0 aliphatic rings. The number of benzene rings is 1. The van der Waals surface area contributed by atoms with Gasteiger partial charge in [-0.05, 0) is 75.1 Å². The van der Waals surface area contributed by atoms with Crippen LogP contribution in [0.4, 0.5) is 0 Å². The molecule has 3 N–H and O–H groups in total. The summed E-state index contributed by atoms with van der Waals surface area (Å²) in [5, 5.41) is 4.68. The zero-order valence-corrected chi connectivity index (χ0v) is 22.7. The molecule has 38 heavy (non-hydrogen) atoms. The molecular formula is C30H33N5O3. The van der Waals surface area contributed by atoms with E-state index in [0.29, 0.717) is 16.6 Å². The zero-order chi connectivity index (χ0) is 27.3. The highest BCUT2D eigenvalue weighted by Crippen LogP contribution is 2.35. The van der Waals surface area contributed by atoms with Crippen LogP contribution in [0.2, 0.25) is 0 Å². The molecule has 0 radical (unpaired) electrons. The number of H-pyrrole nitrogens is 2. The topological polar surface area (TPSA) is 105 Å². The minimum absolute atomic E-state index is 0.106. The maximum atomic E-state index is 13.7. The normalized spacial score (nSPS) is 12.4. The average Bonchev–Trinajstić information content (AvgIpc) is 3.50. The Morgan fingerprint density at radius 1 is 1.08 bits per heavy atom. The van der Waals surface area contributed by atoms with Gasteiger partial charge in [-0.15, -0.1) is 0 Å². The number of aromatic amines is 2. The van der Waals surface area contributed by atoms with Gasteiger partial charge in [-0.1, -0.05) is 6.92 Å². The highest BCUT2D eigenvalue weighted by Gasteiger charge is 2.21. The average molecular weight is 512 g/mol. The van der Waals surface area contributed by atoms with Crippen molar-refractivity contribution in [3.8, 4) is 11.1 Å². The second kappa shape index (κ2) is 9.52. The fourth-order valence-electron chi connectivity index (χ4n) is 5.35. The summed E-state index contributed by atoms with van der Waals surface area (Å²) in [7, 11) is 1.73. The predicted molar refractivity (Wildman–Crippen MR) is 152 cm³/mol. The van der Waals surface area contributed by atoms with Crippen LogP contribution in [0.1, 0.15) is 59.1 Å². The van der Waals surface area contributed by atoms with Crippen LogP contribution in [-0.2, 0) is 13.6 Å². The Morgan fingerprint density at radius 2 is 1.84 bits per heavy atom. The molecule has 0 bridgehead atoms. The summed E-state index contributed by atoms with van der Waals surface area (Å²) in [6.07, 6.45) is 6.61. The van der Waals surface area contributed by atoms with Crippen molar-refractivity contribution < 1.29 is 4.79 Å². The van der Waals surface area contributed by atoms with Gasteiger partial charge in [0.05, 0.1) is 0 Å². The summed E-state index contributed by atoms with van der Waals surface area (Å²) in [5.74, 6) is -0.253. The number of carbonyl (C=O) groups excluding carboxylic acids is 1. The van der Waals surface area contributed by atoms with Crippen LogP contribution in [0.3, 0.4) is 0 Å². The van der Waals surface area contributed by atoms with Gasteiger partial charge in [0.25, 0.3) is 17.0 Å². The van der Waals surface area contributed by atoms with Crippen LogP contribution < -0.4 is 16.4 Å². The molecule has 0 saturated heterocycles. The first-order valence-electron chi connectivity index (χ1n) is 12.9. The molecule has 1 atom stereocenters. The molecule has 0 aliphatic heterocycles. The van der Waals surface area contributed by atoms with Crippen molar-refractivity contribution in [2.45, 2.75) is 53.6 Å². The number of hydrogen-bond acceptors (Lipinski definition) is 3. The van der Waals surface area contributed by atoms with E-state index in [2.05, 4.69) is 46.0 Å². The Labute approximate surface area is 220 Å². The molecule has 1 unspecified atom stereocenters. The molecule has 4 aromatic heterocycles. The quantitative estimate of drug-likeness (QED) is 0.299. The van der Waals surface area contributed by atoms with Gasteiger partial charge in [0.2, 0.25) is 0 Å². The zero-order valence-electron chi connectivity index (χ0n) is 22.7. The predicted octanol–water partition coefficient (Wildman–Crippen LogP) is 5.00. The van der Waals surface area contributed by atoms with Gasteiger partial charge >= 0.3 is 0 Å². The maximum Gasteiger partial charge on any atom is 0.274 e. The molecule has 0 aliphatic carbocycles. The lowest BCUT2D eigenvalue weighted by molar-refractivity contribution is 0.0952. The number of aromatic nitrogens is 4. The number of pyridine rings is 2. The second-order valence-electron chi connectivity index (χ2n) is 10.2. The second-order valence-corrected chi connectivity index (χ2v) is 10.2. The van der Waals surface area contributed by atoms with Crippen LogP contribution in [0.15, 0.2) is 52.4 Å². The molecule has 8 nitrogen and oxygen atoms in total. The van der Waals surface area contributed by atoms with E-state index in [-0.39, 0.29) is 29.6 Å². The third-order valence-electron chi connectivity index (χ3n) is 7.56. The van der Waals surface area contributed by atoms with Gasteiger partial charge in [-0.2, -0.15) is 0 Å². The van der Waals surface area contributed by atoms with Gasteiger partial charge in [-0.3, -0.25) is 14.4 Å². The number of amides is 1. The molecule has 0 fully saturated rings. The summed E-state index contributed by atoms with van der Waals surface area (Å²) in [5.41, 5.74) is 6.60. The molecule has 1 aromatic carbocycles. The van der Waals surface area contributed by atoms with Gasteiger partial charge < -0.3 is 24.4 Å². The first-order chi connectivity index (χ1) is 18.1. The Morgan fingerprint density at radius 3 is 2.55 bits per heavy atom. The minimum Gasteiger partial charge on any atom is -0.357 e. The van der Waals surface area contributed by atoms with Crippen molar-refractivity contribution in [1.82, 2.24) is 24.4 Å². The number of nitrogens with one attached hydrogen (secondary N) is 3. The molecule has 5 rings (SSSR count). The van der Waals surface area contributed by atoms with Crippen molar-refractivity contribution in [2.75, 3.05) is 0 Å². The smallest absolute Gasteiger partial charge is 0.274 e. The van der Waals surface area contributed by atoms with Crippen molar-refractivity contribution in [2.24, 2.45) is 7.05 Å². The van der Waals surface area contributed by atoms with E-state index in [0.717, 1.165) is 50.7 Å². The van der Waals surface area contributed by atoms with E-state index in [1.165, 1.54) is 0 Å². The molecule has 8 heteroatoms. The molecule has 196 valence electrons. The molecule has 1 amide bonds. The van der Waals surface area contributed by atoms with Crippen LogP contribution in [0.5, 0.6) is 0 Å². The summed E-state index contributed by atoms with van der Waals surface area (Å²) >= 11 is 0. The van der Waals surface area contributed by atoms with Crippen molar-refractivity contribution in [3.63, 3.8) is 0 Å². The maximum absolute atomic E-state index is 13.7. The monoisotopic (exact) mass is 511 g/mol. The number of hydrogen-bond donors (Lipinski definition) is 3. The number of nitrogens with zero attached hydrogens (tertiary/aromatic N) is 2. The number of carbonyl (C=O) groups is 1. The lowest BCUT2D eigenvalue weighted by atomic mass is 9.97. The fraction of sp³-hybridized carbons (Fsp3) is 0.300. The summed E-state index contributed by atoms with van der Waals surface area (Å²) in [4.78, 5) is 44.8. The fourth-order valence-corrected chi connectivity index (χ4v) is 5.35. The largest absolute Gasteiger partial charge is 0.357 e. The van der Waals surface area contributed by atoms with Crippen LogP contribution in [-0.4, -0.2) is 25.0 Å². The SMILES string of the molecule is CCC(C)n1cc(C)c2c(C(=O)NCc3c(C)cc(C)[nH]c3=O)cc(-c3cn(C)c(=O)c4[nH]ccc34)cc21. The van der Waals surface area contributed by atoms with Gasteiger partial charge in [0, 0.05) is 76.9 Å². The van der Waals surface area contributed by atoms with E-state index < -0.39 is 0 Å². The van der Waals surface area contributed by atoms with Gasteiger partial charge in [0.15, 0.2) is 0 Å². The first kappa shape index (κ1) is 25.3. The standard InChI is InChI=1S/C30H33N5O3/c1-7-19(5)35-14-17(3)26-22(28(36)32-13-23-16(2)10-18(4)33-29(23)37)11-20(12-25(26)35)24-15-34(6)30(38)27-21(24)8-9-31-27/h8-12,14-15,19,31H,7,13H2,1-6H3,(H,32,36)(H,33,37). The van der Waals surface area contributed by atoms with Crippen molar-refractivity contribution >= 4 is 27.7 Å². The molecular weight excluding hydrogens is 478 g/mol. The number of aryl methyl sites for hydroxylation is 4. The van der Waals surface area contributed by atoms with E-state index in [1.54, 1.807) is 17.8 Å². The van der Waals surface area contributed by atoms with E-state index in [1.807, 2.05) is 45.2 Å². The van der Waals surface area contributed by atoms with Gasteiger partial charge in [-0.25, -0.2) is 0 Å². The third kappa shape index (κ3) is 4.16. The lowest BCUT2D eigenvalue weighted by Crippen LogP contribution is -2.28. The summed E-state index contributed by atoms with van der Waals surface area (Å²) in [6, 6.07) is 8.02. The lowest BCUT2D eigenvalue weighted by Gasteiger charge is -2.16. The van der Waals surface area contributed by atoms with Crippen LogP contribution in [0.25, 0.3) is 32.9 Å². The molecule has 0 spiro atoms. The summed E-state index contributed by atoms with van der Waals surface area (Å²) < 4.78 is 3.78. The minimum atomic E-state index is -0.253. The number of rotatable bonds is 6. The first-order valence-corrected chi connectivity index (χ1v) is 12.9. The van der Waals surface area contributed by atoms with E-state index in [4.69, 9.17) is 0 Å². The molecule has 4 heterocycles. The number of fused-ring (bicyclic) bond motifs is 2. The van der Waals surface area contributed by atoms with Crippen LogP contribution in [0, 0.1) is 20.8 Å². The van der Waals surface area contributed by atoms with Gasteiger partial charge in [0.1, 0.15) is 5.52 Å². The highest BCUT2D eigenvalue weighted by atomic mass is 16.2. The van der Waals surface area contributed by atoms with Crippen molar-refractivity contribution in [3.05, 3.63) is 91.5 Å². The Balaban J connectivity index is 1.69. The molecule has 5 aromatic rings. The summed E-state index contributed by atoms with van der Waals surface area (Å²) in [6.45, 7) is 10.2. The van der Waals surface area contributed by atoms with Crippen LogP contribution >= 0.6 is 0 Å². The Kier molecular flexibility index (Phi) is 6.34. The Hall–Kier alpha value is -4.33. The third-order valence-corrected chi connectivity index (χ3v) is 7.56. The van der Waals surface area contributed by atoms with Crippen molar-refractivity contribution in [1.29, 1.82) is 0 Å².